The summed E-state index contributed by atoms with van der Waals surface area (Å²) in [5.74, 6) is 1.26. The summed E-state index contributed by atoms with van der Waals surface area (Å²) in [4.78, 5) is 8.54. The molecule has 0 aliphatic rings. The molecule has 0 saturated carbocycles. The van der Waals surface area contributed by atoms with Gasteiger partial charge < -0.3 is 10.3 Å². The summed E-state index contributed by atoms with van der Waals surface area (Å²) in [7, 11) is 0. The standard InChI is InChI=1S/C10H14N4OS/c1-5(2)8(11)9-13-10(15-14-9)7-4-16-6(3)12-7/h4-5,8H,11H2,1-3H3. The van der Waals surface area contributed by atoms with E-state index in [1.54, 1.807) is 11.3 Å². The number of rotatable bonds is 3. The molecule has 0 fully saturated rings. The third kappa shape index (κ3) is 2.12. The first kappa shape index (κ1) is 11.2. The van der Waals surface area contributed by atoms with E-state index in [-0.39, 0.29) is 12.0 Å². The van der Waals surface area contributed by atoms with Gasteiger partial charge in [0.1, 0.15) is 5.69 Å². The van der Waals surface area contributed by atoms with Gasteiger partial charge in [-0.25, -0.2) is 4.98 Å². The largest absolute Gasteiger partial charge is 0.332 e. The molecule has 2 aromatic heterocycles. The molecule has 0 amide bonds. The normalized spacial score (nSPS) is 13.3. The Hall–Kier alpha value is -1.27. The Morgan fingerprint density at radius 3 is 2.69 bits per heavy atom. The van der Waals surface area contributed by atoms with E-state index in [1.807, 2.05) is 26.2 Å². The minimum atomic E-state index is -0.197. The third-order valence-electron chi connectivity index (χ3n) is 2.30. The van der Waals surface area contributed by atoms with Gasteiger partial charge in [0.25, 0.3) is 5.89 Å². The van der Waals surface area contributed by atoms with Crippen LogP contribution in [0.5, 0.6) is 0 Å². The minimum Gasteiger partial charge on any atom is -0.332 e. The Labute approximate surface area is 97.7 Å². The van der Waals surface area contributed by atoms with E-state index in [0.717, 1.165) is 10.7 Å². The zero-order valence-electron chi connectivity index (χ0n) is 9.47. The van der Waals surface area contributed by atoms with Crippen LogP contribution in [0.4, 0.5) is 0 Å². The topological polar surface area (TPSA) is 77.8 Å². The van der Waals surface area contributed by atoms with Crippen LogP contribution in [0.15, 0.2) is 9.90 Å². The number of thiazole rings is 1. The number of aromatic nitrogens is 3. The van der Waals surface area contributed by atoms with Gasteiger partial charge in [-0.1, -0.05) is 19.0 Å². The molecule has 0 aromatic carbocycles. The fraction of sp³-hybridized carbons (Fsp3) is 0.500. The summed E-state index contributed by atoms with van der Waals surface area (Å²) in [6, 6.07) is -0.197. The number of nitrogens with two attached hydrogens (primary N) is 1. The Morgan fingerprint density at radius 1 is 1.38 bits per heavy atom. The van der Waals surface area contributed by atoms with Gasteiger partial charge in [-0.05, 0) is 12.8 Å². The lowest BCUT2D eigenvalue weighted by Gasteiger charge is -2.09. The summed E-state index contributed by atoms with van der Waals surface area (Å²) in [5.41, 5.74) is 6.65. The first-order chi connectivity index (χ1) is 7.58. The zero-order valence-corrected chi connectivity index (χ0v) is 10.3. The van der Waals surface area contributed by atoms with Crippen molar-refractivity contribution in [3.05, 3.63) is 16.2 Å². The fourth-order valence-electron chi connectivity index (χ4n) is 1.23. The van der Waals surface area contributed by atoms with E-state index in [0.29, 0.717) is 11.7 Å². The first-order valence-electron chi connectivity index (χ1n) is 5.09. The maximum Gasteiger partial charge on any atom is 0.277 e. The van der Waals surface area contributed by atoms with Gasteiger partial charge in [0.15, 0.2) is 5.82 Å². The van der Waals surface area contributed by atoms with Crippen molar-refractivity contribution in [3.63, 3.8) is 0 Å². The maximum atomic E-state index is 5.93. The summed E-state index contributed by atoms with van der Waals surface area (Å²) in [6.07, 6.45) is 0. The van der Waals surface area contributed by atoms with Crippen LogP contribution >= 0.6 is 11.3 Å². The van der Waals surface area contributed by atoms with Crippen LogP contribution in [-0.2, 0) is 0 Å². The molecule has 2 heterocycles. The summed E-state index contributed by atoms with van der Waals surface area (Å²) >= 11 is 1.55. The van der Waals surface area contributed by atoms with Crippen LogP contribution in [0.1, 0.15) is 30.7 Å². The van der Waals surface area contributed by atoms with Crippen molar-refractivity contribution in [2.45, 2.75) is 26.8 Å². The first-order valence-corrected chi connectivity index (χ1v) is 5.97. The van der Waals surface area contributed by atoms with Gasteiger partial charge in [-0.2, -0.15) is 4.98 Å². The number of aryl methyl sites for hydroxylation is 1. The van der Waals surface area contributed by atoms with Crippen molar-refractivity contribution in [1.82, 2.24) is 15.1 Å². The maximum absolute atomic E-state index is 5.93. The summed E-state index contributed by atoms with van der Waals surface area (Å²) in [5, 5.41) is 6.75. The highest BCUT2D eigenvalue weighted by Crippen LogP contribution is 2.22. The molecule has 1 unspecified atom stereocenters. The quantitative estimate of drug-likeness (QED) is 0.886. The highest BCUT2D eigenvalue weighted by atomic mass is 32.1. The van der Waals surface area contributed by atoms with Crippen LogP contribution in [0.2, 0.25) is 0 Å². The van der Waals surface area contributed by atoms with Crippen molar-refractivity contribution < 1.29 is 4.52 Å². The Bertz CT molecular complexity index is 477. The molecule has 16 heavy (non-hydrogen) atoms. The van der Waals surface area contributed by atoms with E-state index in [2.05, 4.69) is 15.1 Å². The molecule has 5 nitrogen and oxygen atoms in total. The molecule has 0 aliphatic carbocycles. The van der Waals surface area contributed by atoms with Gasteiger partial charge in [0.05, 0.1) is 11.0 Å². The number of hydrogen-bond acceptors (Lipinski definition) is 6. The Balaban J connectivity index is 2.26. The van der Waals surface area contributed by atoms with Crippen molar-refractivity contribution in [3.8, 4) is 11.6 Å². The van der Waals surface area contributed by atoms with Crippen LogP contribution in [0, 0.1) is 12.8 Å². The molecule has 2 rings (SSSR count). The zero-order chi connectivity index (χ0) is 11.7. The molecule has 86 valence electrons. The molecule has 1 atom stereocenters. The molecular weight excluding hydrogens is 224 g/mol. The van der Waals surface area contributed by atoms with Crippen molar-refractivity contribution >= 4 is 11.3 Å². The van der Waals surface area contributed by atoms with E-state index < -0.39 is 0 Å². The van der Waals surface area contributed by atoms with Crippen LogP contribution < -0.4 is 5.73 Å². The highest BCUT2D eigenvalue weighted by molar-refractivity contribution is 7.09. The number of hydrogen-bond donors (Lipinski definition) is 1. The molecule has 0 spiro atoms. The predicted octanol–water partition coefficient (Wildman–Crippen LogP) is 2.16. The molecular formula is C10H14N4OS. The molecule has 2 N–H and O–H groups in total. The van der Waals surface area contributed by atoms with E-state index >= 15 is 0 Å². The average molecular weight is 238 g/mol. The number of nitrogens with zero attached hydrogens (tertiary/aromatic N) is 3. The van der Waals surface area contributed by atoms with Crippen molar-refractivity contribution in [2.24, 2.45) is 11.7 Å². The second-order valence-corrected chi connectivity index (χ2v) is 5.04. The monoisotopic (exact) mass is 238 g/mol. The third-order valence-corrected chi connectivity index (χ3v) is 3.07. The van der Waals surface area contributed by atoms with E-state index in [1.165, 1.54) is 0 Å². The van der Waals surface area contributed by atoms with Gasteiger partial charge in [-0.3, -0.25) is 0 Å². The van der Waals surface area contributed by atoms with E-state index in [9.17, 15) is 0 Å². The molecule has 2 aromatic rings. The Morgan fingerprint density at radius 2 is 2.12 bits per heavy atom. The van der Waals surface area contributed by atoms with Crippen LogP contribution in [-0.4, -0.2) is 15.1 Å². The second-order valence-electron chi connectivity index (χ2n) is 3.98. The van der Waals surface area contributed by atoms with Crippen molar-refractivity contribution in [2.75, 3.05) is 0 Å². The lowest BCUT2D eigenvalue weighted by Crippen LogP contribution is -2.18. The highest BCUT2D eigenvalue weighted by Gasteiger charge is 2.18. The fourth-order valence-corrected chi connectivity index (χ4v) is 1.82. The van der Waals surface area contributed by atoms with Crippen LogP contribution in [0.3, 0.4) is 0 Å². The van der Waals surface area contributed by atoms with Gasteiger partial charge >= 0.3 is 0 Å². The molecule has 0 radical (unpaired) electrons. The molecule has 0 saturated heterocycles. The van der Waals surface area contributed by atoms with Gasteiger partial charge in [0, 0.05) is 5.38 Å². The average Bonchev–Trinajstić information content (AvgIpc) is 2.84. The minimum absolute atomic E-state index is 0.197. The molecule has 0 aliphatic heterocycles. The second kappa shape index (κ2) is 4.31. The molecule has 6 heteroatoms. The van der Waals surface area contributed by atoms with E-state index in [4.69, 9.17) is 10.3 Å². The predicted molar refractivity (Wildman–Crippen MR) is 61.9 cm³/mol. The lowest BCUT2D eigenvalue weighted by atomic mass is 10.1. The SMILES string of the molecule is Cc1nc(-c2nc(C(N)C(C)C)no2)cs1. The van der Waals surface area contributed by atoms with Gasteiger partial charge in [-0.15, -0.1) is 11.3 Å². The summed E-state index contributed by atoms with van der Waals surface area (Å²) < 4.78 is 5.14. The molecule has 0 bridgehead atoms. The lowest BCUT2D eigenvalue weighted by molar-refractivity contribution is 0.399. The van der Waals surface area contributed by atoms with Crippen molar-refractivity contribution in [1.29, 1.82) is 0 Å². The van der Waals surface area contributed by atoms with Gasteiger partial charge in [0.2, 0.25) is 0 Å². The van der Waals surface area contributed by atoms with Crippen LogP contribution in [0.25, 0.3) is 11.6 Å². The Kier molecular flexibility index (Phi) is 3.02. The smallest absolute Gasteiger partial charge is 0.277 e. The summed E-state index contributed by atoms with van der Waals surface area (Å²) in [6.45, 7) is 5.98.